The first-order valence-electron chi connectivity index (χ1n) is 7.81. The van der Waals surface area contributed by atoms with Gasteiger partial charge >= 0.3 is 0 Å². The maximum Gasteiger partial charge on any atom is 0.258 e. The van der Waals surface area contributed by atoms with Crippen LogP contribution in [0.2, 0.25) is 0 Å². The third kappa shape index (κ3) is 4.09. The van der Waals surface area contributed by atoms with E-state index < -0.39 is 0 Å². The van der Waals surface area contributed by atoms with Crippen molar-refractivity contribution < 1.29 is 13.9 Å². The molecule has 0 spiro atoms. The maximum atomic E-state index is 13.9. The molecule has 0 bridgehead atoms. The van der Waals surface area contributed by atoms with Crippen molar-refractivity contribution in [1.29, 1.82) is 0 Å². The monoisotopic (exact) mass is 313 g/mol. The van der Waals surface area contributed by atoms with Crippen LogP contribution < -0.4 is 10.1 Å². The van der Waals surface area contributed by atoms with Crippen LogP contribution in [0.4, 0.5) is 4.39 Å². The number of benzene rings is 2. The minimum atomic E-state index is -0.374. The SMILES string of the molecule is Cc1ccc(C)c(-c2cc(F)cc(OCC(=O)NC3CC3)c2)c1. The summed E-state index contributed by atoms with van der Waals surface area (Å²) in [5.41, 5.74) is 3.90. The van der Waals surface area contributed by atoms with Crippen molar-refractivity contribution in [1.82, 2.24) is 5.32 Å². The highest BCUT2D eigenvalue weighted by molar-refractivity contribution is 5.78. The number of halogens is 1. The van der Waals surface area contributed by atoms with Crippen LogP contribution in [0.5, 0.6) is 5.75 Å². The van der Waals surface area contributed by atoms with E-state index in [1.807, 2.05) is 32.0 Å². The highest BCUT2D eigenvalue weighted by Crippen LogP contribution is 2.29. The molecule has 0 aliphatic heterocycles. The van der Waals surface area contributed by atoms with Crippen LogP contribution in [0.1, 0.15) is 24.0 Å². The number of hydrogen-bond acceptors (Lipinski definition) is 2. The molecule has 4 heteroatoms. The summed E-state index contributed by atoms with van der Waals surface area (Å²) >= 11 is 0. The summed E-state index contributed by atoms with van der Waals surface area (Å²) < 4.78 is 19.4. The second-order valence-corrected chi connectivity index (χ2v) is 6.12. The Balaban J connectivity index is 1.78. The third-order valence-corrected chi connectivity index (χ3v) is 3.89. The molecule has 2 aromatic carbocycles. The van der Waals surface area contributed by atoms with Gasteiger partial charge in [-0.15, -0.1) is 0 Å². The van der Waals surface area contributed by atoms with Gasteiger partial charge in [-0.2, -0.15) is 0 Å². The lowest BCUT2D eigenvalue weighted by Gasteiger charge is -2.11. The standard InChI is InChI=1S/C19H20FNO2/c1-12-3-4-13(2)18(7-12)14-8-15(20)10-17(9-14)23-11-19(22)21-16-5-6-16/h3-4,7-10,16H,5-6,11H2,1-2H3,(H,21,22). The topological polar surface area (TPSA) is 38.3 Å². The Bertz CT molecular complexity index is 738. The van der Waals surface area contributed by atoms with Gasteiger partial charge in [0.2, 0.25) is 0 Å². The van der Waals surface area contributed by atoms with Crippen molar-refractivity contribution in [3.8, 4) is 16.9 Å². The van der Waals surface area contributed by atoms with E-state index >= 15 is 0 Å². The van der Waals surface area contributed by atoms with Gasteiger partial charge < -0.3 is 10.1 Å². The van der Waals surface area contributed by atoms with Gasteiger partial charge in [0.25, 0.3) is 5.91 Å². The number of hydrogen-bond donors (Lipinski definition) is 1. The molecule has 3 rings (SSSR count). The van der Waals surface area contributed by atoms with Crippen molar-refractivity contribution in [2.45, 2.75) is 32.7 Å². The van der Waals surface area contributed by atoms with Crippen molar-refractivity contribution >= 4 is 5.91 Å². The van der Waals surface area contributed by atoms with Crippen LogP contribution in [0, 0.1) is 19.7 Å². The molecule has 1 aliphatic carbocycles. The van der Waals surface area contributed by atoms with Crippen LogP contribution in [-0.4, -0.2) is 18.6 Å². The van der Waals surface area contributed by atoms with E-state index in [0.717, 1.165) is 35.1 Å². The number of amides is 1. The van der Waals surface area contributed by atoms with Gasteiger partial charge in [0.05, 0.1) is 0 Å². The van der Waals surface area contributed by atoms with E-state index in [1.54, 1.807) is 6.07 Å². The average molecular weight is 313 g/mol. The van der Waals surface area contributed by atoms with E-state index in [9.17, 15) is 9.18 Å². The number of carbonyl (C=O) groups excluding carboxylic acids is 1. The fourth-order valence-electron chi connectivity index (χ4n) is 2.49. The Labute approximate surface area is 135 Å². The van der Waals surface area contributed by atoms with E-state index in [4.69, 9.17) is 4.74 Å². The Kier molecular flexibility index (Phi) is 4.33. The average Bonchev–Trinajstić information content (AvgIpc) is 3.31. The molecule has 1 aliphatic rings. The smallest absolute Gasteiger partial charge is 0.258 e. The Morgan fingerprint density at radius 1 is 1.22 bits per heavy atom. The van der Waals surface area contributed by atoms with E-state index in [-0.39, 0.29) is 18.3 Å². The lowest BCUT2D eigenvalue weighted by Crippen LogP contribution is -2.30. The number of nitrogens with one attached hydrogen (secondary N) is 1. The lowest BCUT2D eigenvalue weighted by molar-refractivity contribution is -0.123. The summed E-state index contributed by atoms with van der Waals surface area (Å²) in [4.78, 5) is 11.7. The molecule has 120 valence electrons. The minimum absolute atomic E-state index is 0.0911. The Morgan fingerprint density at radius 2 is 2.00 bits per heavy atom. The Morgan fingerprint density at radius 3 is 2.74 bits per heavy atom. The fraction of sp³-hybridized carbons (Fsp3) is 0.316. The summed E-state index contributed by atoms with van der Waals surface area (Å²) in [6, 6.07) is 10.9. The molecule has 1 saturated carbocycles. The van der Waals surface area contributed by atoms with Gasteiger partial charge in [0.1, 0.15) is 11.6 Å². The predicted octanol–water partition coefficient (Wildman–Crippen LogP) is 3.77. The van der Waals surface area contributed by atoms with Gasteiger partial charge in [0.15, 0.2) is 6.61 Å². The Hall–Kier alpha value is -2.36. The number of rotatable bonds is 5. The fourth-order valence-corrected chi connectivity index (χ4v) is 2.49. The molecule has 3 nitrogen and oxygen atoms in total. The summed E-state index contributed by atoms with van der Waals surface area (Å²) in [5.74, 6) is -0.169. The van der Waals surface area contributed by atoms with E-state index in [2.05, 4.69) is 5.32 Å². The molecular formula is C19H20FNO2. The molecule has 0 unspecified atom stereocenters. The molecule has 1 fully saturated rings. The molecule has 1 N–H and O–H groups in total. The summed E-state index contributed by atoms with van der Waals surface area (Å²) in [6.07, 6.45) is 2.06. The second kappa shape index (κ2) is 6.41. The molecular weight excluding hydrogens is 293 g/mol. The van der Waals surface area contributed by atoms with Crippen molar-refractivity contribution in [2.24, 2.45) is 0 Å². The number of aryl methyl sites for hydroxylation is 2. The summed E-state index contributed by atoms with van der Waals surface area (Å²) in [5, 5.41) is 2.84. The maximum absolute atomic E-state index is 13.9. The number of ether oxygens (including phenoxy) is 1. The predicted molar refractivity (Wildman–Crippen MR) is 88.0 cm³/mol. The minimum Gasteiger partial charge on any atom is -0.484 e. The molecule has 0 saturated heterocycles. The second-order valence-electron chi connectivity index (χ2n) is 6.12. The zero-order valence-corrected chi connectivity index (χ0v) is 13.4. The lowest BCUT2D eigenvalue weighted by atomic mass is 9.98. The molecule has 0 heterocycles. The van der Waals surface area contributed by atoms with Crippen molar-refractivity contribution in [3.63, 3.8) is 0 Å². The van der Waals surface area contributed by atoms with Gasteiger partial charge in [-0.05, 0) is 55.5 Å². The van der Waals surface area contributed by atoms with Gasteiger partial charge in [-0.1, -0.05) is 23.8 Å². The van der Waals surface area contributed by atoms with Crippen LogP contribution >= 0.6 is 0 Å². The van der Waals surface area contributed by atoms with Crippen LogP contribution in [0.15, 0.2) is 36.4 Å². The molecule has 0 aromatic heterocycles. The largest absolute Gasteiger partial charge is 0.484 e. The van der Waals surface area contributed by atoms with Crippen molar-refractivity contribution in [3.05, 3.63) is 53.3 Å². The zero-order valence-electron chi connectivity index (χ0n) is 13.4. The highest BCUT2D eigenvalue weighted by Gasteiger charge is 2.23. The quantitative estimate of drug-likeness (QED) is 0.912. The van der Waals surface area contributed by atoms with Crippen LogP contribution in [-0.2, 0) is 4.79 Å². The van der Waals surface area contributed by atoms with Crippen LogP contribution in [0.25, 0.3) is 11.1 Å². The van der Waals surface area contributed by atoms with Crippen LogP contribution in [0.3, 0.4) is 0 Å². The first-order valence-corrected chi connectivity index (χ1v) is 7.81. The molecule has 0 atom stereocenters. The van der Waals surface area contributed by atoms with E-state index in [1.165, 1.54) is 12.1 Å². The molecule has 1 amide bonds. The summed E-state index contributed by atoms with van der Waals surface area (Å²) in [7, 11) is 0. The van der Waals surface area contributed by atoms with Gasteiger partial charge in [0, 0.05) is 12.1 Å². The van der Waals surface area contributed by atoms with Crippen molar-refractivity contribution in [2.75, 3.05) is 6.61 Å². The normalized spacial score (nSPS) is 13.7. The highest BCUT2D eigenvalue weighted by atomic mass is 19.1. The first-order chi connectivity index (χ1) is 11.0. The molecule has 0 radical (unpaired) electrons. The molecule has 23 heavy (non-hydrogen) atoms. The van der Waals surface area contributed by atoms with Gasteiger partial charge in [-0.25, -0.2) is 4.39 Å². The first kappa shape index (κ1) is 15.5. The number of carbonyl (C=O) groups is 1. The molecule has 2 aromatic rings. The zero-order chi connectivity index (χ0) is 16.4. The summed E-state index contributed by atoms with van der Waals surface area (Å²) in [6.45, 7) is 3.90. The van der Waals surface area contributed by atoms with E-state index in [0.29, 0.717) is 11.8 Å². The third-order valence-electron chi connectivity index (χ3n) is 3.89. The van der Waals surface area contributed by atoms with Gasteiger partial charge in [-0.3, -0.25) is 4.79 Å².